The molecule has 0 bridgehead atoms. The Morgan fingerprint density at radius 2 is 1.84 bits per heavy atom. The number of fused-ring (bicyclic) bond motifs is 1. The molecular weight excluding hydrogens is 396 g/mol. The van der Waals surface area contributed by atoms with Crippen LogP contribution >= 0.6 is 0 Å². The minimum absolute atomic E-state index is 0.0112. The molecule has 0 unspecified atom stereocenters. The van der Waals surface area contributed by atoms with E-state index in [-0.39, 0.29) is 5.91 Å². The van der Waals surface area contributed by atoms with E-state index in [0.29, 0.717) is 57.6 Å². The first kappa shape index (κ1) is 21.2. The standard InChI is InChI=1S/C24H28N2O5/c1-2-11-29-21-6-4-3-5-19(21)17-26(24(27)18-25-9-12-28-13-10-25)20-7-8-22-23(16-20)31-15-14-30-22/h2-8,16H,1,9-15,17-18H2. The molecule has 1 fully saturated rings. The first-order valence-corrected chi connectivity index (χ1v) is 10.6. The number of hydrogen-bond donors (Lipinski definition) is 0. The van der Waals surface area contributed by atoms with Crippen molar-refractivity contribution < 1.29 is 23.7 Å². The van der Waals surface area contributed by atoms with Gasteiger partial charge in [0.2, 0.25) is 5.91 Å². The van der Waals surface area contributed by atoms with Crippen molar-refractivity contribution in [3.63, 3.8) is 0 Å². The maximum Gasteiger partial charge on any atom is 0.241 e. The lowest BCUT2D eigenvalue weighted by molar-refractivity contribution is -0.120. The van der Waals surface area contributed by atoms with Gasteiger partial charge < -0.3 is 23.8 Å². The monoisotopic (exact) mass is 424 g/mol. The van der Waals surface area contributed by atoms with Gasteiger partial charge in [0.15, 0.2) is 11.5 Å². The molecule has 2 aromatic rings. The number of amides is 1. The maximum absolute atomic E-state index is 13.4. The van der Waals surface area contributed by atoms with Crippen LogP contribution in [0.4, 0.5) is 5.69 Å². The quantitative estimate of drug-likeness (QED) is 0.608. The predicted octanol–water partition coefficient (Wildman–Crippen LogP) is 2.89. The maximum atomic E-state index is 13.4. The van der Waals surface area contributed by atoms with Crippen LogP contribution in [0.5, 0.6) is 17.2 Å². The highest BCUT2D eigenvalue weighted by Gasteiger charge is 2.24. The third kappa shape index (κ3) is 5.37. The summed E-state index contributed by atoms with van der Waals surface area (Å²) in [4.78, 5) is 17.3. The zero-order valence-corrected chi connectivity index (χ0v) is 17.6. The molecular formula is C24H28N2O5. The molecule has 1 amide bonds. The molecule has 2 aliphatic heterocycles. The van der Waals surface area contributed by atoms with Crippen molar-refractivity contribution in [3.8, 4) is 17.2 Å². The lowest BCUT2D eigenvalue weighted by atomic mass is 10.1. The molecule has 0 saturated carbocycles. The Balaban J connectivity index is 1.61. The molecule has 0 aromatic heterocycles. The Morgan fingerprint density at radius 1 is 1.06 bits per heavy atom. The predicted molar refractivity (Wildman–Crippen MR) is 118 cm³/mol. The summed E-state index contributed by atoms with van der Waals surface area (Å²) in [7, 11) is 0. The second kappa shape index (κ2) is 10.3. The molecule has 0 aliphatic carbocycles. The van der Waals surface area contributed by atoms with E-state index in [9.17, 15) is 4.79 Å². The molecule has 0 spiro atoms. The van der Waals surface area contributed by atoms with Crippen LogP contribution in [0, 0.1) is 0 Å². The van der Waals surface area contributed by atoms with Crippen molar-refractivity contribution in [1.82, 2.24) is 4.90 Å². The average molecular weight is 424 g/mol. The van der Waals surface area contributed by atoms with E-state index in [1.54, 1.807) is 11.0 Å². The fourth-order valence-corrected chi connectivity index (χ4v) is 3.65. The smallest absolute Gasteiger partial charge is 0.241 e. The molecule has 2 aromatic carbocycles. The van der Waals surface area contributed by atoms with E-state index in [2.05, 4.69) is 11.5 Å². The van der Waals surface area contributed by atoms with Crippen molar-refractivity contribution in [3.05, 3.63) is 60.7 Å². The number of hydrogen-bond acceptors (Lipinski definition) is 6. The summed E-state index contributed by atoms with van der Waals surface area (Å²) in [6.45, 7) is 8.65. The van der Waals surface area contributed by atoms with Gasteiger partial charge in [-0.2, -0.15) is 0 Å². The van der Waals surface area contributed by atoms with Crippen LogP contribution in [0.2, 0.25) is 0 Å². The van der Waals surface area contributed by atoms with Gasteiger partial charge >= 0.3 is 0 Å². The van der Waals surface area contributed by atoms with Gasteiger partial charge in [-0.15, -0.1) is 0 Å². The van der Waals surface area contributed by atoms with Crippen LogP contribution < -0.4 is 19.1 Å². The summed E-state index contributed by atoms with van der Waals surface area (Å²) in [6, 6.07) is 13.4. The van der Waals surface area contributed by atoms with Crippen molar-refractivity contribution >= 4 is 11.6 Å². The van der Waals surface area contributed by atoms with Gasteiger partial charge in [-0.05, 0) is 18.2 Å². The number of morpholine rings is 1. The van der Waals surface area contributed by atoms with Gasteiger partial charge in [-0.3, -0.25) is 9.69 Å². The minimum Gasteiger partial charge on any atom is -0.489 e. The summed E-state index contributed by atoms with van der Waals surface area (Å²) in [5.74, 6) is 2.11. The Hall–Kier alpha value is -3.03. The molecule has 2 aliphatic rings. The molecule has 7 heteroatoms. The van der Waals surface area contributed by atoms with E-state index in [1.165, 1.54) is 0 Å². The average Bonchev–Trinajstić information content (AvgIpc) is 2.82. The van der Waals surface area contributed by atoms with Gasteiger partial charge in [0.25, 0.3) is 0 Å². The molecule has 0 atom stereocenters. The number of carbonyl (C=O) groups is 1. The fourth-order valence-electron chi connectivity index (χ4n) is 3.65. The summed E-state index contributed by atoms with van der Waals surface area (Å²) in [5, 5.41) is 0. The number of rotatable bonds is 8. The van der Waals surface area contributed by atoms with Crippen LogP contribution in [0.1, 0.15) is 5.56 Å². The highest BCUT2D eigenvalue weighted by atomic mass is 16.6. The van der Waals surface area contributed by atoms with E-state index >= 15 is 0 Å². The zero-order chi connectivity index (χ0) is 21.5. The molecule has 0 N–H and O–H groups in total. The second-order valence-electron chi connectivity index (χ2n) is 7.40. The minimum atomic E-state index is 0.0112. The molecule has 7 nitrogen and oxygen atoms in total. The van der Waals surface area contributed by atoms with Crippen LogP contribution in [0.3, 0.4) is 0 Å². The number of carbonyl (C=O) groups excluding carboxylic acids is 1. The Kier molecular flexibility index (Phi) is 7.07. The van der Waals surface area contributed by atoms with Gasteiger partial charge in [-0.1, -0.05) is 30.9 Å². The fraction of sp³-hybridized carbons (Fsp3) is 0.375. The SMILES string of the molecule is C=CCOc1ccccc1CN(C(=O)CN1CCOCC1)c1ccc2c(c1)OCCO2. The lowest BCUT2D eigenvalue weighted by Gasteiger charge is -2.30. The second-order valence-corrected chi connectivity index (χ2v) is 7.40. The van der Waals surface area contributed by atoms with E-state index in [1.807, 2.05) is 42.5 Å². The third-order valence-electron chi connectivity index (χ3n) is 5.26. The number of anilines is 1. The van der Waals surface area contributed by atoms with Crippen LogP contribution in [0.25, 0.3) is 0 Å². The van der Waals surface area contributed by atoms with E-state index < -0.39 is 0 Å². The number of ether oxygens (including phenoxy) is 4. The van der Waals surface area contributed by atoms with E-state index in [4.69, 9.17) is 18.9 Å². The van der Waals surface area contributed by atoms with Crippen molar-refractivity contribution in [2.75, 3.05) is 57.6 Å². The first-order valence-electron chi connectivity index (χ1n) is 10.6. The van der Waals surface area contributed by atoms with Crippen LogP contribution in [-0.4, -0.2) is 63.5 Å². The molecule has 1 saturated heterocycles. The summed E-state index contributed by atoms with van der Waals surface area (Å²) in [6.07, 6.45) is 1.71. The Bertz CT molecular complexity index is 911. The topological polar surface area (TPSA) is 60.5 Å². The summed E-state index contributed by atoms with van der Waals surface area (Å²) >= 11 is 0. The molecule has 164 valence electrons. The molecule has 4 rings (SSSR count). The summed E-state index contributed by atoms with van der Waals surface area (Å²) < 4.78 is 22.6. The van der Waals surface area contributed by atoms with E-state index in [0.717, 1.165) is 30.1 Å². The number of benzene rings is 2. The van der Waals surface area contributed by atoms with Gasteiger partial charge in [0.05, 0.1) is 26.3 Å². The lowest BCUT2D eigenvalue weighted by Crippen LogP contribution is -2.44. The summed E-state index contributed by atoms with van der Waals surface area (Å²) in [5.41, 5.74) is 1.69. The highest BCUT2D eigenvalue weighted by Crippen LogP contribution is 2.35. The number of para-hydroxylation sites is 1. The van der Waals surface area contributed by atoms with Gasteiger partial charge in [0, 0.05) is 30.4 Å². The van der Waals surface area contributed by atoms with Crippen molar-refractivity contribution in [2.24, 2.45) is 0 Å². The molecule has 31 heavy (non-hydrogen) atoms. The zero-order valence-electron chi connectivity index (χ0n) is 17.6. The van der Waals surface area contributed by atoms with Gasteiger partial charge in [0.1, 0.15) is 25.6 Å². The van der Waals surface area contributed by atoms with Crippen molar-refractivity contribution in [1.29, 1.82) is 0 Å². The first-order chi connectivity index (χ1) is 15.2. The van der Waals surface area contributed by atoms with Crippen molar-refractivity contribution in [2.45, 2.75) is 6.54 Å². The van der Waals surface area contributed by atoms with Crippen LogP contribution in [-0.2, 0) is 16.1 Å². The third-order valence-corrected chi connectivity index (χ3v) is 5.26. The number of nitrogens with zero attached hydrogens (tertiary/aromatic N) is 2. The normalized spacial score (nSPS) is 15.9. The van der Waals surface area contributed by atoms with Gasteiger partial charge in [-0.25, -0.2) is 0 Å². The Morgan fingerprint density at radius 3 is 2.65 bits per heavy atom. The molecule has 0 radical (unpaired) electrons. The van der Waals surface area contributed by atoms with Crippen LogP contribution in [0.15, 0.2) is 55.1 Å². The highest BCUT2D eigenvalue weighted by molar-refractivity contribution is 5.95. The Labute approximate surface area is 182 Å². The largest absolute Gasteiger partial charge is 0.489 e. The molecule has 2 heterocycles.